The Morgan fingerprint density at radius 2 is 1.92 bits per heavy atom. The number of rotatable bonds is 6. The third-order valence-electron chi connectivity index (χ3n) is 3.62. The van der Waals surface area contributed by atoms with Gasteiger partial charge in [-0.3, -0.25) is 4.79 Å². The van der Waals surface area contributed by atoms with Gasteiger partial charge in [0.2, 0.25) is 15.9 Å². The minimum Gasteiger partial charge on any atom is -0.301 e. The monoisotopic (exact) mass is 407 g/mol. The standard InChI is InChI=1S/C17H17N3O3S3/c1-12-5-7-13(8-6-12)26(22,23)20(2)10-16(21)19-17-18-14(11-25-17)15-4-3-9-24-15/h3-9,11H,10H2,1-2H3,(H,18,19,21). The van der Waals surface area contributed by atoms with Gasteiger partial charge in [-0.1, -0.05) is 23.8 Å². The molecule has 9 heteroatoms. The van der Waals surface area contributed by atoms with Crippen LogP contribution in [0, 0.1) is 6.92 Å². The quantitative estimate of drug-likeness (QED) is 0.679. The van der Waals surface area contributed by atoms with Crippen molar-refractivity contribution in [2.45, 2.75) is 11.8 Å². The summed E-state index contributed by atoms with van der Waals surface area (Å²) in [6.45, 7) is 1.59. The Morgan fingerprint density at radius 3 is 2.58 bits per heavy atom. The highest BCUT2D eigenvalue weighted by Crippen LogP contribution is 2.28. The normalized spacial score (nSPS) is 11.7. The number of likely N-dealkylation sites (N-methyl/N-ethyl adjacent to an activating group) is 1. The number of amides is 1. The van der Waals surface area contributed by atoms with Crippen molar-refractivity contribution >= 4 is 43.7 Å². The molecule has 0 radical (unpaired) electrons. The number of aromatic nitrogens is 1. The Kier molecular flexibility index (Phi) is 5.52. The van der Waals surface area contributed by atoms with Gasteiger partial charge in [0, 0.05) is 12.4 Å². The van der Waals surface area contributed by atoms with Gasteiger partial charge in [0.1, 0.15) is 0 Å². The fraction of sp³-hybridized carbons (Fsp3) is 0.176. The highest BCUT2D eigenvalue weighted by molar-refractivity contribution is 7.89. The fourth-order valence-electron chi connectivity index (χ4n) is 2.20. The molecule has 0 aliphatic carbocycles. The molecule has 0 aliphatic rings. The van der Waals surface area contributed by atoms with Crippen molar-refractivity contribution in [1.82, 2.24) is 9.29 Å². The smallest absolute Gasteiger partial charge is 0.243 e. The van der Waals surface area contributed by atoms with E-state index in [4.69, 9.17) is 0 Å². The van der Waals surface area contributed by atoms with Gasteiger partial charge in [-0.05, 0) is 30.5 Å². The van der Waals surface area contributed by atoms with Crippen LogP contribution in [0.15, 0.2) is 52.1 Å². The number of carbonyl (C=O) groups is 1. The SMILES string of the molecule is Cc1ccc(S(=O)(=O)N(C)CC(=O)Nc2nc(-c3cccs3)cs2)cc1. The van der Waals surface area contributed by atoms with Crippen molar-refractivity contribution in [3.8, 4) is 10.6 Å². The molecule has 136 valence electrons. The molecular weight excluding hydrogens is 390 g/mol. The third kappa shape index (κ3) is 4.18. The Morgan fingerprint density at radius 1 is 1.19 bits per heavy atom. The number of benzene rings is 1. The summed E-state index contributed by atoms with van der Waals surface area (Å²) < 4.78 is 26.1. The van der Waals surface area contributed by atoms with E-state index in [9.17, 15) is 13.2 Å². The Bertz CT molecular complexity index is 994. The Labute approximate surface area is 160 Å². The molecule has 26 heavy (non-hydrogen) atoms. The number of hydrogen-bond donors (Lipinski definition) is 1. The summed E-state index contributed by atoms with van der Waals surface area (Å²) in [7, 11) is -2.33. The molecular formula is C17H17N3O3S3. The van der Waals surface area contributed by atoms with E-state index in [1.165, 1.54) is 30.5 Å². The topological polar surface area (TPSA) is 79.4 Å². The summed E-state index contributed by atoms with van der Waals surface area (Å²) in [5.74, 6) is -0.435. The maximum absolute atomic E-state index is 12.5. The molecule has 0 saturated heterocycles. The second-order valence-electron chi connectivity index (χ2n) is 5.64. The maximum atomic E-state index is 12.5. The minimum atomic E-state index is -3.72. The lowest BCUT2D eigenvalue weighted by Crippen LogP contribution is -2.34. The van der Waals surface area contributed by atoms with Crippen molar-refractivity contribution in [1.29, 1.82) is 0 Å². The highest BCUT2D eigenvalue weighted by atomic mass is 32.2. The molecule has 0 bridgehead atoms. The molecule has 1 aromatic carbocycles. The minimum absolute atomic E-state index is 0.160. The van der Waals surface area contributed by atoms with Crippen molar-refractivity contribution in [3.05, 3.63) is 52.7 Å². The van der Waals surface area contributed by atoms with Gasteiger partial charge < -0.3 is 5.32 Å². The van der Waals surface area contributed by atoms with Gasteiger partial charge in [0.05, 0.1) is 22.0 Å². The number of thiophene rings is 1. The second-order valence-corrected chi connectivity index (χ2v) is 9.49. The van der Waals surface area contributed by atoms with Crippen LogP contribution in [0.2, 0.25) is 0 Å². The van der Waals surface area contributed by atoms with E-state index in [1.54, 1.807) is 23.5 Å². The number of nitrogens with zero attached hydrogens (tertiary/aromatic N) is 2. The number of nitrogens with one attached hydrogen (secondary N) is 1. The lowest BCUT2D eigenvalue weighted by atomic mass is 10.2. The largest absolute Gasteiger partial charge is 0.301 e. The summed E-state index contributed by atoms with van der Waals surface area (Å²) in [5.41, 5.74) is 1.76. The molecule has 0 spiro atoms. The number of sulfonamides is 1. The summed E-state index contributed by atoms with van der Waals surface area (Å²) >= 11 is 2.87. The maximum Gasteiger partial charge on any atom is 0.243 e. The van der Waals surface area contributed by atoms with Crippen LogP contribution >= 0.6 is 22.7 Å². The molecule has 1 N–H and O–H groups in total. The third-order valence-corrected chi connectivity index (χ3v) is 7.09. The van der Waals surface area contributed by atoms with Crippen LogP contribution in [0.25, 0.3) is 10.6 Å². The predicted molar refractivity (Wildman–Crippen MR) is 105 cm³/mol. The zero-order valence-corrected chi connectivity index (χ0v) is 16.6. The van der Waals surface area contributed by atoms with Crippen molar-refractivity contribution in [2.75, 3.05) is 18.9 Å². The summed E-state index contributed by atoms with van der Waals surface area (Å²) in [6.07, 6.45) is 0. The van der Waals surface area contributed by atoms with Gasteiger partial charge >= 0.3 is 0 Å². The Balaban J connectivity index is 1.65. The van der Waals surface area contributed by atoms with Crippen LogP contribution in [0.3, 0.4) is 0 Å². The summed E-state index contributed by atoms with van der Waals surface area (Å²) in [6, 6.07) is 10.4. The van der Waals surface area contributed by atoms with Crippen LogP contribution < -0.4 is 5.32 Å². The molecule has 0 atom stereocenters. The second kappa shape index (κ2) is 7.67. The van der Waals surface area contributed by atoms with Gasteiger partial charge in [-0.15, -0.1) is 22.7 Å². The first-order chi connectivity index (χ1) is 12.4. The predicted octanol–water partition coefficient (Wildman–Crippen LogP) is 3.44. The van der Waals surface area contributed by atoms with Gasteiger partial charge in [-0.2, -0.15) is 4.31 Å². The van der Waals surface area contributed by atoms with Gasteiger partial charge in [0.25, 0.3) is 0 Å². The first-order valence-electron chi connectivity index (χ1n) is 7.68. The molecule has 6 nitrogen and oxygen atoms in total. The average molecular weight is 408 g/mol. The van der Waals surface area contributed by atoms with Crippen LogP contribution in [0.1, 0.15) is 5.56 Å². The number of thiazole rings is 1. The molecule has 0 unspecified atom stereocenters. The number of aryl methyl sites for hydroxylation is 1. The van der Waals surface area contributed by atoms with Gasteiger partial charge in [0.15, 0.2) is 5.13 Å². The lowest BCUT2D eigenvalue weighted by molar-refractivity contribution is -0.116. The van der Waals surface area contributed by atoms with Crippen molar-refractivity contribution in [2.24, 2.45) is 0 Å². The highest BCUT2D eigenvalue weighted by Gasteiger charge is 2.23. The lowest BCUT2D eigenvalue weighted by Gasteiger charge is -2.16. The van der Waals surface area contributed by atoms with Crippen LogP contribution in [0.4, 0.5) is 5.13 Å². The van der Waals surface area contributed by atoms with E-state index in [-0.39, 0.29) is 11.4 Å². The summed E-state index contributed by atoms with van der Waals surface area (Å²) in [5, 5.41) is 6.91. The zero-order valence-electron chi connectivity index (χ0n) is 14.2. The van der Waals surface area contributed by atoms with Crippen LogP contribution in [-0.4, -0.2) is 37.2 Å². The molecule has 0 saturated carbocycles. The van der Waals surface area contributed by atoms with Crippen LogP contribution in [-0.2, 0) is 14.8 Å². The number of hydrogen-bond acceptors (Lipinski definition) is 6. The molecule has 1 amide bonds. The molecule has 3 rings (SSSR count). The molecule has 3 aromatic rings. The van der Waals surface area contributed by atoms with E-state index in [1.807, 2.05) is 29.8 Å². The Hall–Kier alpha value is -2.07. The zero-order chi connectivity index (χ0) is 18.7. The van der Waals surface area contributed by atoms with Crippen LogP contribution in [0.5, 0.6) is 0 Å². The molecule has 0 fully saturated rings. The first-order valence-corrected chi connectivity index (χ1v) is 10.9. The number of anilines is 1. The summed E-state index contributed by atoms with van der Waals surface area (Å²) in [4.78, 5) is 17.7. The van der Waals surface area contributed by atoms with Gasteiger partial charge in [-0.25, -0.2) is 13.4 Å². The average Bonchev–Trinajstić information content (AvgIpc) is 3.26. The molecule has 0 aliphatic heterocycles. The van der Waals surface area contributed by atoms with E-state index < -0.39 is 15.9 Å². The van der Waals surface area contributed by atoms with E-state index in [2.05, 4.69) is 10.3 Å². The first kappa shape index (κ1) is 18.7. The van der Waals surface area contributed by atoms with E-state index in [0.29, 0.717) is 5.13 Å². The van der Waals surface area contributed by atoms with Crippen molar-refractivity contribution < 1.29 is 13.2 Å². The van der Waals surface area contributed by atoms with E-state index in [0.717, 1.165) is 20.4 Å². The molecule has 2 aromatic heterocycles. The van der Waals surface area contributed by atoms with Crippen molar-refractivity contribution in [3.63, 3.8) is 0 Å². The number of carbonyl (C=O) groups excluding carboxylic acids is 1. The molecule has 2 heterocycles. The fourth-order valence-corrected chi connectivity index (χ4v) is 4.82. The van der Waals surface area contributed by atoms with E-state index >= 15 is 0 Å².